The van der Waals surface area contributed by atoms with Crippen LogP contribution >= 0.6 is 0 Å². The summed E-state index contributed by atoms with van der Waals surface area (Å²) in [7, 11) is -1.98. The Bertz CT molecular complexity index is 969. The third kappa shape index (κ3) is 6.61. The van der Waals surface area contributed by atoms with Crippen molar-refractivity contribution in [1.29, 1.82) is 0 Å². The fourth-order valence-corrected chi connectivity index (χ4v) is 4.21. The molecule has 7 nitrogen and oxygen atoms in total. The second-order valence-corrected chi connectivity index (χ2v) is 14.6. The van der Waals surface area contributed by atoms with Gasteiger partial charge in [-0.05, 0) is 42.4 Å². The van der Waals surface area contributed by atoms with Crippen LogP contribution in [0.1, 0.15) is 39.2 Å². The second-order valence-electron chi connectivity index (χ2n) is 9.86. The van der Waals surface area contributed by atoms with Gasteiger partial charge in [0.25, 0.3) is 8.32 Å². The Labute approximate surface area is 198 Å². The van der Waals surface area contributed by atoms with E-state index in [2.05, 4.69) is 49.1 Å². The second kappa shape index (κ2) is 9.81. The summed E-state index contributed by atoms with van der Waals surface area (Å²) in [6, 6.07) is 5.83. The van der Waals surface area contributed by atoms with Crippen molar-refractivity contribution in [2.45, 2.75) is 64.0 Å². The van der Waals surface area contributed by atoms with Crippen molar-refractivity contribution in [2.75, 3.05) is 23.3 Å². The number of alkyl halides is 3. The molecule has 0 saturated carbocycles. The molecule has 34 heavy (non-hydrogen) atoms. The van der Waals surface area contributed by atoms with Crippen molar-refractivity contribution in [2.24, 2.45) is 0 Å². The van der Waals surface area contributed by atoms with E-state index in [0.29, 0.717) is 43.3 Å². The van der Waals surface area contributed by atoms with E-state index in [-0.39, 0.29) is 11.1 Å². The highest BCUT2D eigenvalue weighted by Gasteiger charge is 2.39. The van der Waals surface area contributed by atoms with Crippen molar-refractivity contribution in [3.8, 4) is 5.75 Å². The minimum Gasteiger partial charge on any atom is -0.542 e. The summed E-state index contributed by atoms with van der Waals surface area (Å²) >= 11 is 0. The zero-order chi connectivity index (χ0) is 25.1. The molecule has 3 rings (SSSR count). The Morgan fingerprint density at radius 1 is 1.06 bits per heavy atom. The Hall–Kier alpha value is -2.82. The first-order valence-corrected chi connectivity index (χ1v) is 14.1. The van der Waals surface area contributed by atoms with Crippen LogP contribution in [0.25, 0.3) is 0 Å². The van der Waals surface area contributed by atoms with Crippen molar-refractivity contribution >= 4 is 26.0 Å². The predicted octanol–water partition coefficient (Wildman–Crippen LogP) is 6.10. The average Bonchev–Trinajstić information content (AvgIpc) is 2.74. The summed E-state index contributed by atoms with van der Waals surface area (Å²) in [5, 5.41) is 2.69. The van der Waals surface area contributed by atoms with Gasteiger partial charge in [0, 0.05) is 32.1 Å². The Morgan fingerprint density at radius 2 is 1.74 bits per heavy atom. The molecule has 11 heteroatoms. The number of halogens is 3. The Morgan fingerprint density at radius 3 is 2.24 bits per heavy atom. The number of hydrogen-bond donors (Lipinski definition) is 1. The Kier molecular flexibility index (Phi) is 7.44. The molecule has 0 aliphatic carbocycles. The molecule has 1 N–H and O–H groups in total. The van der Waals surface area contributed by atoms with Crippen LogP contribution in [0.2, 0.25) is 18.1 Å². The van der Waals surface area contributed by atoms with E-state index in [4.69, 9.17) is 9.16 Å². The maximum absolute atomic E-state index is 12.7. The molecule has 2 aromatic heterocycles. The number of amides is 1. The van der Waals surface area contributed by atoms with Crippen LogP contribution in [0, 0.1) is 0 Å². The topological polar surface area (TPSA) is 76.6 Å². The number of carbonyl (C=O) groups excluding carboxylic acids is 1. The number of pyridine rings is 2. The normalized spacial score (nSPS) is 15.7. The van der Waals surface area contributed by atoms with Crippen LogP contribution in [0.4, 0.5) is 29.6 Å². The van der Waals surface area contributed by atoms with Crippen LogP contribution in [-0.4, -0.2) is 43.6 Å². The summed E-state index contributed by atoms with van der Waals surface area (Å²) in [6.07, 6.45) is -1.80. The zero-order valence-corrected chi connectivity index (χ0v) is 21.1. The number of ether oxygens (including phenoxy) is 1. The monoisotopic (exact) mass is 496 g/mol. The molecule has 1 aliphatic heterocycles. The van der Waals surface area contributed by atoms with Gasteiger partial charge in [0.15, 0.2) is 0 Å². The third-order valence-corrected chi connectivity index (χ3v) is 10.6. The molecule has 0 bridgehead atoms. The van der Waals surface area contributed by atoms with E-state index in [1.54, 1.807) is 18.3 Å². The SMILES string of the molecule is CC(C)(C)[Si](C)(C)Oc1ccc(NC(=O)OC2CCN(c3ccc(C(F)(F)F)cn3)CC2)nc1. The van der Waals surface area contributed by atoms with Gasteiger partial charge in [-0.1, -0.05) is 20.8 Å². The van der Waals surface area contributed by atoms with Gasteiger partial charge in [-0.15, -0.1) is 0 Å². The number of aromatic nitrogens is 2. The summed E-state index contributed by atoms with van der Waals surface area (Å²) in [5.41, 5.74) is -0.778. The molecule has 1 saturated heterocycles. The quantitative estimate of drug-likeness (QED) is 0.504. The molecule has 0 spiro atoms. The fourth-order valence-electron chi connectivity index (χ4n) is 3.19. The van der Waals surface area contributed by atoms with Gasteiger partial charge in [-0.3, -0.25) is 5.32 Å². The number of nitrogens with one attached hydrogen (secondary N) is 1. The molecule has 186 valence electrons. The van der Waals surface area contributed by atoms with Gasteiger partial charge >= 0.3 is 12.3 Å². The predicted molar refractivity (Wildman–Crippen MR) is 127 cm³/mol. The number of anilines is 2. The van der Waals surface area contributed by atoms with Crippen LogP contribution in [-0.2, 0) is 10.9 Å². The number of carbonyl (C=O) groups is 1. The van der Waals surface area contributed by atoms with Crippen LogP contribution in [0.5, 0.6) is 5.75 Å². The molecule has 0 aromatic carbocycles. The summed E-state index contributed by atoms with van der Waals surface area (Å²) in [4.78, 5) is 22.3. The zero-order valence-electron chi connectivity index (χ0n) is 20.1. The van der Waals surface area contributed by atoms with Crippen molar-refractivity contribution in [3.05, 3.63) is 42.2 Å². The molecule has 2 aromatic rings. The third-order valence-electron chi connectivity index (χ3n) is 6.26. The lowest BCUT2D eigenvalue weighted by Gasteiger charge is -2.36. The minimum absolute atomic E-state index is 0.0614. The summed E-state index contributed by atoms with van der Waals surface area (Å²) < 4.78 is 49.8. The number of hydrogen-bond acceptors (Lipinski definition) is 6. The van der Waals surface area contributed by atoms with Crippen LogP contribution in [0.3, 0.4) is 0 Å². The maximum atomic E-state index is 12.7. The first-order chi connectivity index (χ1) is 15.7. The number of piperidine rings is 1. The highest BCUT2D eigenvalue weighted by Crippen LogP contribution is 2.37. The van der Waals surface area contributed by atoms with Gasteiger partial charge in [0.1, 0.15) is 23.5 Å². The van der Waals surface area contributed by atoms with Gasteiger partial charge in [-0.25, -0.2) is 14.8 Å². The lowest BCUT2D eigenvalue weighted by Crippen LogP contribution is -2.43. The molecule has 1 amide bonds. The van der Waals surface area contributed by atoms with Gasteiger partial charge < -0.3 is 14.1 Å². The maximum Gasteiger partial charge on any atom is 0.417 e. The van der Waals surface area contributed by atoms with Crippen LogP contribution < -0.4 is 14.6 Å². The smallest absolute Gasteiger partial charge is 0.417 e. The van der Waals surface area contributed by atoms with Crippen molar-refractivity contribution in [1.82, 2.24) is 9.97 Å². The van der Waals surface area contributed by atoms with Crippen molar-refractivity contribution in [3.63, 3.8) is 0 Å². The Balaban J connectivity index is 1.46. The number of nitrogens with zero attached hydrogens (tertiary/aromatic N) is 3. The molecule has 1 aliphatic rings. The fraction of sp³-hybridized carbons (Fsp3) is 0.522. The van der Waals surface area contributed by atoms with E-state index >= 15 is 0 Å². The highest BCUT2D eigenvalue weighted by molar-refractivity contribution is 6.74. The minimum atomic E-state index is -4.41. The van der Waals surface area contributed by atoms with Gasteiger partial charge in [0.05, 0.1) is 11.8 Å². The molecule has 1 fully saturated rings. The lowest BCUT2D eigenvalue weighted by molar-refractivity contribution is -0.137. The van der Waals surface area contributed by atoms with E-state index < -0.39 is 26.2 Å². The van der Waals surface area contributed by atoms with Gasteiger partial charge in [-0.2, -0.15) is 13.2 Å². The molecular weight excluding hydrogens is 465 g/mol. The molecule has 0 radical (unpaired) electrons. The molecular formula is C23H31F3N4O3Si. The molecule has 0 unspecified atom stereocenters. The van der Waals surface area contributed by atoms with E-state index in [1.807, 2.05) is 4.90 Å². The first kappa shape index (κ1) is 25.8. The van der Waals surface area contributed by atoms with Crippen molar-refractivity contribution < 1.29 is 27.1 Å². The molecule has 3 heterocycles. The summed E-state index contributed by atoms with van der Waals surface area (Å²) in [6.45, 7) is 11.8. The van der Waals surface area contributed by atoms with Crippen LogP contribution in [0.15, 0.2) is 36.7 Å². The standard InChI is InChI=1S/C23H31F3N4O3Si/c1-22(2,3)34(4,5)33-18-7-8-19(27-15-18)29-21(31)32-17-10-12-30(13-11-17)20-9-6-16(14-28-20)23(24,25)26/h6-9,14-15,17H,10-13H2,1-5H3,(H,27,29,31). The first-order valence-electron chi connectivity index (χ1n) is 11.2. The van der Waals surface area contributed by atoms with E-state index in [1.165, 1.54) is 6.07 Å². The molecule has 0 atom stereocenters. The largest absolute Gasteiger partial charge is 0.542 e. The summed E-state index contributed by atoms with van der Waals surface area (Å²) in [5.74, 6) is 1.49. The average molecular weight is 497 g/mol. The van der Waals surface area contributed by atoms with Gasteiger partial charge in [0.2, 0.25) is 0 Å². The highest BCUT2D eigenvalue weighted by atomic mass is 28.4. The number of rotatable bonds is 5. The van der Waals surface area contributed by atoms with E-state index in [0.717, 1.165) is 12.3 Å². The van der Waals surface area contributed by atoms with E-state index in [9.17, 15) is 18.0 Å². The lowest BCUT2D eigenvalue weighted by atomic mass is 10.1.